The van der Waals surface area contributed by atoms with E-state index < -0.39 is 17.9 Å². The maximum absolute atomic E-state index is 9.26. The molecule has 0 saturated carbocycles. The van der Waals surface area contributed by atoms with Gasteiger partial charge in [0.05, 0.1) is 0 Å². The molecule has 0 aromatic carbocycles. The molecule has 0 aromatic heterocycles. The zero-order chi connectivity index (χ0) is 12.1. The van der Waals surface area contributed by atoms with Crippen LogP contribution in [0.3, 0.4) is 0 Å². The Balaban J connectivity index is -0.0000000590. The van der Waals surface area contributed by atoms with Crippen molar-refractivity contribution in [2.45, 2.75) is 33.6 Å². The number of carbonyl (C=O) groups excluding carboxylic acids is 2. The van der Waals surface area contributed by atoms with Crippen LogP contribution in [0.2, 0.25) is 0 Å². The summed E-state index contributed by atoms with van der Waals surface area (Å²) < 4.78 is 0. The smallest absolute Gasteiger partial charge is 0.550 e. The second kappa shape index (κ2) is 19.3. The van der Waals surface area contributed by atoms with Gasteiger partial charge in [0.15, 0.2) is 0 Å². The Hall–Kier alpha value is -0.330. The molecule has 0 rings (SSSR count). The van der Waals surface area contributed by atoms with Gasteiger partial charge in [-0.25, -0.2) is 0 Å². The molecule has 7 heteroatoms. The van der Waals surface area contributed by atoms with E-state index in [-0.39, 0.29) is 50.6 Å². The van der Waals surface area contributed by atoms with Gasteiger partial charge in [0.2, 0.25) is 0 Å². The zero-order valence-corrected chi connectivity index (χ0v) is 11.3. The molecule has 84 valence electrons. The van der Waals surface area contributed by atoms with Gasteiger partial charge in [-0.3, -0.25) is 4.79 Å². The fourth-order valence-corrected chi connectivity index (χ4v) is 0. The normalized spacial score (nSPS) is 6.60. The van der Waals surface area contributed by atoms with Crippen LogP contribution >= 0.6 is 0 Å². The first-order valence-corrected chi connectivity index (χ1v) is 3.87. The maximum atomic E-state index is 9.26. The van der Waals surface area contributed by atoms with Crippen molar-refractivity contribution in [3.05, 3.63) is 0 Å². The third kappa shape index (κ3) is 138. The van der Waals surface area contributed by atoms with Gasteiger partial charge in [-0.15, -0.1) is 0 Å². The molecule has 0 atom stereocenters. The first-order valence-electron chi connectivity index (χ1n) is 3.87. The maximum Gasteiger partial charge on any atom is 2.00 e. The Labute approximate surface area is 118 Å². The van der Waals surface area contributed by atoms with Crippen molar-refractivity contribution >= 4 is 55.6 Å². The average Bonchev–Trinajstić information content (AvgIpc) is 2.04. The molecule has 6 nitrogen and oxygen atoms in total. The third-order valence-electron chi connectivity index (χ3n) is 0.577. The molecule has 0 aliphatic rings. The fourth-order valence-electron chi connectivity index (χ4n) is 0. The van der Waals surface area contributed by atoms with Gasteiger partial charge in [-0.05, 0) is 12.8 Å². The van der Waals surface area contributed by atoms with E-state index in [9.17, 15) is 19.8 Å². The fraction of sp³-hybridized carbons (Fsp3) is 0.625. The minimum atomic E-state index is -0.995. The quantitative estimate of drug-likeness (QED) is 0.563. The number of carbonyl (C=O) groups is 3. The molecule has 0 bridgehead atoms. The minimum absolute atomic E-state index is 0. The Morgan fingerprint density at radius 3 is 1.07 bits per heavy atom. The van der Waals surface area contributed by atoms with E-state index in [0.717, 1.165) is 6.92 Å². The molecule has 0 saturated heterocycles. The number of hydrogen-bond acceptors (Lipinski definition) is 5. The van der Waals surface area contributed by atoms with Crippen molar-refractivity contribution in [2.24, 2.45) is 0 Å². The number of rotatable bonds is 2. The predicted octanol–water partition coefficient (Wildman–Crippen LogP) is -2.00. The number of carboxylic acid groups (broad SMARTS) is 3. The molecule has 0 radical (unpaired) electrons. The van der Waals surface area contributed by atoms with E-state index >= 15 is 0 Å². The van der Waals surface area contributed by atoms with Gasteiger partial charge in [0.25, 0.3) is 5.97 Å². The summed E-state index contributed by atoms with van der Waals surface area (Å²) in [6.07, 6.45) is 0.222. The van der Waals surface area contributed by atoms with E-state index in [0.29, 0.717) is 0 Å². The van der Waals surface area contributed by atoms with Gasteiger partial charge >= 0.3 is 37.7 Å². The Morgan fingerprint density at radius 1 is 1.00 bits per heavy atom. The average molecular weight is 246 g/mol. The van der Waals surface area contributed by atoms with Crippen LogP contribution in [0.4, 0.5) is 0 Å². The van der Waals surface area contributed by atoms with E-state index in [2.05, 4.69) is 0 Å². The zero-order valence-electron chi connectivity index (χ0n) is 9.11. The Bertz CT molecular complexity index is 162. The van der Waals surface area contributed by atoms with Crippen LogP contribution in [0.15, 0.2) is 0 Å². The van der Waals surface area contributed by atoms with Crippen LogP contribution in [0.1, 0.15) is 33.6 Å². The molecular weight excluding hydrogens is 232 g/mol. The Morgan fingerprint density at radius 2 is 1.07 bits per heavy atom. The first kappa shape index (κ1) is 24.1. The van der Waals surface area contributed by atoms with Crippen molar-refractivity contribution < 1.29 is 29.7 Å². The van der Waals surface area contributed by atoms with Gasteiger partial charge in [0, 0.05) is 18.9 Å². The second-order valence-electron chi connectivity index (χ2n) is 1.97. The molecule has 0 heterocycles. The van der Waals surface area contributed by atoms with Crippen LogP contribution in [-0.2, 0) is 14.4 Å². The van der Waals surface area contributed by atoms with Gasteiger partial charge in [-0.1, -0.05) is 13.8 Å². The standard InChI is InChI=1S/2C3H6O2.C2H4O2.Ca/c2*1-2-3(4)5;1-2(3)4;/h2*2H2,1H3,(H,4,5);1H3,(H,3,4);/q;;;+2/p-2. The summed E-state index contributed by atoms with van der Waals surface area (Å²) in [5.41, 5.74) is 0. The predicted molar refractivity (Wildman–Crippen MR) is 49.7 cm³/mol. The van der Waals surface area contributed by atoms with E-state index in [1.165, 1.54) is 13.8 Å². The Kier molecular flexibility index (Phi) is 30.9. The van der Waals surface area contributed by atoms with Crippen molar-refractivity contribution in [2.75, 3.05) is 0 Å². The van der Waals surface area contributed by atoms with Crippen LogP contribution in [0.5, 0.6) is 0 Å². The molecular formula is C8H14CaO6. The SMILES string of the molecule is CC(=O)O.CCC(=O)[O-].CCC(=O)[O-].[Ca+2]. The summed E-state index contributed by atoms with van der Waals surface area (Å²) in [5.74, 6) is -2.82. The molecule has 0 unspecified atom stereocenters. The summed E-state index contributed by atoms with van der Waals surface area (Å²) >= 11 is 0. The summed E-state index contributed by atoms with van der Waals surface area (Å²) in [5, 5.41) is 25.9. The van der Waals surface area contributed by atoms with Crippen molar-refractivity contribution in [3.8, 4) is 0 Å². The van der Waals surface area contributed by atoms with Gasteiger partial charge in [-0.2, -0.15) is 0 Å². The molecule has 0 aromatic rings. The minimum Gasteiger partial charge on any atom is -0.550 e. The molecule has 1 N–H and O–H groups in total. The number of hydrogen-bond donors (Lipinski definition) is 1. The summed E-state index contributed by atoms with van der Waals surface area (Å²) in [7, 11) is 0. The van der Waals surface area contributed by atoms with Crippen LogP contribution in [-0.4, -0.2) is 60.8 Å². The molecule has 0 aliphatic carbocycles. The largest absolute Gasteiger partial charge is 2.00 e. The number of aliphatic carboxylic acids is 3. The van der Waals surface area contributed by atoms with Crippen LogP contribution in [0.25, 0.3) is 0 Å². The van der Waals surface area contributed by atoms with Crippen LogP contribution in [0, 0.1) is 0 Å². The molecule has 0 fully saturated rings. The summed E-state index contributed by atoms with van der Waals surface area (Å²) in [6, 6.07) is 0. The second-order valence-corrected chi connectivity index (χ2v) is 1.97. The van der Waals surface area contributed by atoms with Gasteiger partial charge in [0.1, 0.15) is 0 Å². The molecule has 0 spiro atoms. The molecule has 0 amide bonds. The van der Waals surface area contributed by atoms with Crippen molar-refractivity contribution in [3.63, 3.8) is 0 Å². The first-order chi connectivity index (χ1) is 6.27. The topological polar surface area (TPSA) is 118 Å². The number of carboxylic acids is 3. The molecule has 0 aliphatic heterocycles. The van der Waals surface area contributed by atoms with Crippen molar-refractivity contribution in [1.29, 1.82) is 0 Å². The summed E-state index contributed by atoms with van der Waals surface area (Å²) in [6.45, 7) is 4.16. The van der Waals surface area contributed by atoms with E-state index in [4.69, 9.17) is 9.90 Å². The summed E-state index contributed by atoms with van der Waals surface area (Å²) in [4.78, 5) is 27.5. The van der Waals surface area contributed by atoms with E-state index in [1.807, 2.05) is 0 Å². The molecule has 15 heavy (non-hydrogen) atoms. The van der Waals surface area contributed by atoms with E-state index in [1.54, 1.807) is 0 Å². The monoisotopic (exact) mass is 246 g/mol. The van der Waals surface area contributed by atoms with Crippen molar-refractivity contribution in [1.82, 2.24) is 0 Å². The third-order valence-corrected chi connectivity index (χ3v) is 0.577. The van der Waals surface area contributed by atoms with Gasteiger partial charge < -0.3 is 24.9 Å². The van der Waals surface area contributed by atoms with Crippen LogP contribution < -0.4 is 10.2 Å².